The minimum atomic E-state index is -0.0772. The minimum absolute atomic E-state index is 0.000669. The van der Waals surface area contributed by atoms with Crippen LogP contribution >= 0.6 is 0 Å². The second-order valence-electron chi connectivity index (χ2n) is 7.41. The third kappa shape index (κ3) is 4.38. The summed E-state index contributed by atoms with van der Waals surface area (Å²) in [5, 5.41) is 3.10. The molecule has 2 heterocycles. The van der Waals surface area contributed by atoms with Crippen molar-refractivity contribution in [3.8, 4) is 11.4 Å². The van der Waals surface area contributed by atoms with Crippen LogP contribution in [0.5, 0.6) is 5.75 Å². The van der Waals surface area contributed by atoms with Crippen LogP contribution in [0.4, 0.5) is 0 Å². The molecule has 6 heteroatoms. The lowest BCUT2D eigenvalue weighted by Gasteiger charge is -2.32. The molecule has 0 unspecified atom stereocenters. The van der Waals surface area contributed by atoms with Crippen LogP contribution in [0.1, 0.15) is 33.6 Å². The van der Waals surface area contributed by atoms with Gasteiger partial charge in [0.15, 0.2) is 0 Å². The van der Waals surface area contributed by atoms with E-state index >= 15 is 0 Å². The van der Waals surface area contributed by atoms with Crippen LogP contribution in [0.2, 0.25) is 0 Å². The summed E-state index contributed by atoms with van der Waals surface area (Å²) >= 11 is 0. The molecule has 1 aliphatic heterocycles. The maximum absolute atomic E-state index is 12.7. The molecular formula is C24H25N3O3. The van der Waals surface area contributed by atoms with Crippen LogP contribution in [-0.2, 0) is 0 Å². The van der Waals surface area contributed by atoms with E-state index in [9.17, 15) is 9.59 Å². The minimum Gasteiger partial charge on any atom is -0.497 e. The first-order chi connectivity index (χ1) is 14.6. The Balaban J connectivity index is 1.31. The molecule has 30 heavy (non-hydrogen) atoms. The summed E-state index contributed by atoms with van der Waals surface area (Å²) in [4.78, 5) is 27.2. The van der Waals surface area contributed by atoms with Gasteiger partial charge in [-0.3, -0.25) is 9.59 Å². The molecule has 1 aliphatic rings. The van der Waals surface area contributed by atoms with Gasteiger partial charge < -0.3 is 19.5 Å². The number of aromatic nitrogens is 1. The second kappa shape index (κ2) is 8.86. The van der Waals surface area contributed by atoms with E-state index in [1.807, 2.05) is 70.4 Å². The highest BCUT2D eigenvalue weighted by molar-refractivity contribution is 5.95. The van der Waals surface area contributed by atoms with Crippen LogP contribution < -0.4 is 10.1 Å². The molecule has 2 amide bonds. The number of rotatable bonds is 5. The fourth-order valence-corrected chi connectivity index (χ4v) is 3.73. The second-order valence-corrected chi connectivity index (χ2v) is 7.41. The van der Waals surface area contributed by atoms with Crippen LogP contribution in [0, 0.1) is 0 Å². The lowest BCUT2D eigenvalue weighted by Crippen LogP contribution is -2.46. The van der Waals surface area contributed by atoms with Gasteiger partial charge in [0.25, 0.3) is 11.8 Å². The van der Waals surface area contributed by atoms with Crippen LogP contribution in [0.25, 0.3) is 5.69 Å². The zero-order valence-electron chi connectivity index (χ0n) is 17.0. The third-order valence-electron chi connectivity index (χ3n) is 5.47. The molecular weight excluding hydrogens is 378 g/mol. The van der Waals surface area contributed by atoms with Crippen molar-refractivity contribution in [2.75, 3.05) is 20.2 Å². The summed E-state index contributed by atoms with van der Waals surface area (Å²) in [7, 11) is 1.59. The number of amides is 2. The summed E-state index contributed by atoms with van der Waals surface area (Å²) in [6.07, 6.45) is 5.41. The van der Waals surface area contributed by atoms with Crippen molar-refractivity contribution in [3.05, 3.63) is 84.2 Å². The van der Waals surface area contributed by atoms with E-state index in [2.05, 4.69) is 5.32 Å². The predicted octanol–water partition coefficient (Wildman–Crippen LogP) is 3.52. The Labute approximate surface area is 176 Å². The highest BCUT2D eigenvalue weighted by Crippen LogP contribution is 2.18. The highest BCUT2D eigenvalue weighted by Gasteiger charge is 2.25. The van der Waals surface area contributed by atoms with E-state index in [-0.39, 0.29) is 17.9 Å². The number of carbonyl (C=O) groups is 2. The molecule has 2 aromatic carbocycles. The Bertz CT molecular complexity index is 1000. The molecule has 1 fully saturated rings. The van der Waals surface area contributed by atoms with Gasteiger partial charge in [-0.1, -0.05) is 6.07 Å². The summed E-state index contributed by atoms with van der Waals surface area (Å²) in [6.45, 7) is 1.24. The molecule has 0 saturated carbocycles. The van der Waals surface area contributed by atoms with Crippen LogP contribution in [0.3, 0.4) is 0 Å². The van der Waals surface area contributed by atoms with Crippen molar-refractivity contribution in [1.29, 1.82) is 0 Å². The van der Waals surface area contributed by atoms with Gasteiger partial charge in [-0.15, -0.1) is 0 Å². The monoisotopic (exact) mass is 403 g/mol. The molecule has 4 rings (SSSR count). The Hall–Kier alpha value is -3.54. The van der Waals surface area contributed by atoms with Crippen molar-refractivity contribution >= 4 is 11.8 Å². The van der Waals surface area contributed by atoms with E-state index in [4.69, 9.17) is 4.74 Å². The molecule has 0 aliphatic carbocycles. The topological polar surface area (TPSA) is 63.6 Å². The van der Waals surface area contributed by atoms with E-state index in [0.717, 1.165) is 18.5 Å². The number of piperidine rings is 1. The fraction of sp³-hybridized carbons (Fsp3) is 0.250. The maximum atomic E-state index is 12.7. The van der Waals surface area contributed by atoms with Crippen molar-refractivity contribution in [1.82, 2.24) is 14.8 Å². The summed E-state index contributed by atoms with van der Waals surface area (Å²) < 4.78 is 7.20. The molecule has 1 N–H and O–H groups in total. The van der Waals surface area contributed by atoms with Crippen LogP contribution in [0.15, 0.2) is 73.1 Å². The van der Waals surface area contributed by atoms with Gasteiger partial charge in [0.2, 0.25) is 0 Å². The first-order valence-corrected chi connectivity index (χ1v) is 10.1. The van der Waals surface area contributed by atoms with Gasteiger partial charge in [0.05, 0.1) is 7.11 Å². The average molecular weight is 403 g/mol. The lowest BCUT2D eigenvalue weighted by molar-refractivity contribution is 0.0697. The number of hydrogen-bond donors (Lipinski definition) is 1. The number of hydrogen-bond acceptors (Lipinski definition) is 3. The van der Waals surface area contributed by atoms with E-state index < -0.39 is 0 Å². The zero-order chi connectivity index (χ0) is 20.9. The first kappa shape index (κ1) is 19.8. The molecule has 3 aromatic rings. The summed E-state index contributed by atoms with van der Waals surface area (Å²) in [6, 6.07) is 18.7. The maximum Gasteiger partial charge on any atom is 0.253 e. The smallest absolute Gasteiger partial charge is 0.253 e. The molecule has 1 aromatic heterocycles. The Morgan fingerprint density at radius 1 is 0.933 bits per heavy atom. The van der Waals surface area contributed by atoms with E-state index in [0.29, 0.717) is 30.0 Å². The predicted molar refractivity (Wildman–Crippen MR) is 115 cm³/mol. The van der Waals surface area contributed by atoms with Gasteiger partial charge in [-0.2, -0.15) is 0 Å². The zero-order valence-corrected chi connectivity index (χ0v) is 17.0. The number of nitrogens with one attached hydrogen (secondary N) is 1. The molecule has 0 bridgehead atoms. The van der Waals surface area contributed by atoms with Crippen molar-refractivity contribution in [2.45, 2.75) is 18.9 Å². The molecule has 154 valence electrons. The van der Waals surface area contributed by atoms with Crippen molar-refractivity contribution < 1.29 is 14.3 Å². The molecule has 0 atom stereocenters. The number of carbonyl (C=O) groups excluding carboxylic acids is 2. The number of methoxy groups -OCH3 is 1. The SMILES string of the molecule is COc1cccc(C(=O)N2CCC(NC(=O)c3ccc(-n4cccc4)cc3)CC2)c1. The van der Waals surface area contributed by atoms with Crippen LogP contribution in [-0.4, -0.2) is 47.5 Å². The fourth-order valence-electron chi connectivity index (χ4n) is 3.73. The quantitative estimate of drug-likeness (QED) is 0.709. The van der Waals surface area contributed by atoms with Gasteiger partial charge >= 0.3 is 0 Å². The van der Waals surface area contributed by atoms with E-state index in [1.54, 1.807) is 19.2 Å². The van der Waals surface area contributed by atoms with Crippen molar-refractivity contribution in [3.63, 3.8) is 0 Å². The van der Waals surface area contributed by atoms with Gasteiger partial charge in [0, 0.05) is 48.3 Å². The summed E-state index contributed by atoms with van der Waals surface area (Å²) in [5.74, 6) is 0.594. The summed E-state index contributed by atoms with van der Waals surface area (Å²) in [5.41, 5.74) is 2.28. The largest absolute Gasteiger partial charge is 0.497 e. The third-order valence-corrected chi connectivity index (χ3v) is 5.47. The van der Waals surface area contributed by atoms with Gasteiger partial charge in [0.1, 0.15) is 5.75 Å². The normalized spacial score (nSPS) is 14.4. The molecule has 0 radical (unpaired) electrons. The molecule has 1 saturated heterocycles. The molecule has 6 nitrogen and oxygen atoms in total. The Morgan fingerprint density at radius 3 is 2.30 bits per heavy atom. The van der Waals surface area contributed by atoms with Gasteiger partial charge in [-0.05, 0) is 67.4 Å². The molecule has 0 spiro atoms. The number of nitrogens with zero attached hydrogens (tertiary/aromatic N) is 2. The number of ether oxygens (including phenoxy) is 1. The first-order valence-electron chi connectivity index (χ1n) is 10.1. The lowest BCUT2D eigenvalue weighted by atomic mass is 10.0. The Kier molecular flexibility index (Phi) is 5.84. The number of benzene rings is 2. The standard InChI is InChI=1S/C24H25N3O3/c1-30-22-6-4-5-19(17-22)24(29)27-15-11-20(12-16-27)25-23(28)18-7-9-21(10-8-18)26-13-2-3-14-26/h2-10,13-14,17,20H,11-12,15-16H2,1H3,(H,25,28). The van der Waals surface area contributed by atoms with Crippen molar-refractivity contribution in [2.24, 2.45) is 0 Å². The van der Waals surface area contributed by atoms with E-state index in [1.165, 1.54) is 0 Å². The number of likely N-dealkylation sites (tertiary alicyclic amines) is 1. The van der Waals surface area contributed by atoms with Gasteiger partial charge in [-0.25, -0.2) is 0 Å². The highest BCUT2D eigenvalue weighted by atomic mass is 16.5. The Morgan fingerprint density at radius 2 is 1.63 bits per heavy atom. The average Bonchev–Trinajstić information content (AvgIpc) is 3.34.